The van der Waals surface area contributed by atoms with Crippen molar-refractivity contribution in [1.29, 1.82) is 0 Å². The van der Waals surface area contributed by atoms with Crippen LogP contribution in [-0.4, -0.2) is 43.9 Å². The Labute approximate surface area is 183 Å². The summed E-state index contributed by atoms with van der Waals surface area (Å²) in [5.74, 6) is -0.547. The van der Waals surface area contributed by atoms with E-state index in [1.54, 1.807) is 30.3 Å². The summed E-state index contributed by atoms with van der Waals surface area (Å²) in [6.45, 7) is 1.41. The van der Waals surface area contributed by atoms with Crippen molar-refractivity contribution < 1.29 is 9.59 Å². The second kappa shape index (κ2) is 10.3. The fourth-order valence-corrected chi connectivity index (χ4v) is 3.69. The monoisotopic (exact) mass is 425 g/mol. The second-order valence-electron chi connectivity index (χ2n) is 7.68. The number of anilines is 1. The third-order valence-electron chi connectivity index (χ3n) is 5.21. The Morgan fingerprint density at radius 2 is 1.60 bits per heavy atom. The van der Waals surface area contributed by atoms with Gasteiger partial charge in [-0.2, -0.15) is 0 Å². The van der Waals surface area contributed by atoms with Crippen molar-refractivity contribution in [2.24, 2.45) is 0 Å². The van der Waals surface area contributed by atoms with Crippen molar-refractivity contribution >= 4 is 35.2 Å². The second-order valence-corrected chi connectivity index (χ2v) is 8.09. The van der Waals surface area contributed by atoms with E-state index in [9.17, 15) is 9.59 Å². The zero-order chi connectivity index (χ0) is 21.5. The highest BCUT2D eigenvalue weighted by molar-refractivity contribution is 6.34. The van der Waals surface area contributed by atoms with Gasteiger partial charge >= 0.3 is 0 Å². The number of rotatable bonds is 5. The maximum Gasteiger partial charge on any atom is 0.270 e. The molecule has 0 unspecified atom stereocenters. The summed E-state index contributed by atoms with van der Waals surface area (Å²) in [7, 11) is 3.95. The molecule has 158 valence electrons. The molecule has 0 radical (unpaired) electrons. The topological polar surface area (TPSA) is 52.7 Å². The minimum atomic E-state index is -0.389. The molecule has 0 saturated carbocycles. The van der Waals surface area contributed by atoms with E-state index in [4.69, 9.17) is 11.6 Å². The van der Waals surface area contributed by atoms with Crippen LogP contribution in [0.3, 0.4) is 0 Å². The largest absolute Gasteiger partial charge is 0.378 e. The van der Waals surface area contributed by atoms with E-state index in [-0.39, 0.29) is 17.5 Å². The minimum absolute atomic E-state index is 0.158. The molecular formula is C24H28ClN3O2. The van der Waals surface area contributed by atoms with Crippen molar-refractivity contribution in [2.75, 3.05) is 32.1 Å². The van der Waals surface area contributed by atoms with E-state index in [2.05, 4.69) is 5.32 Å². The minimum Gasteiger partial charge on any atom is -0.378 e. The van der Waals surface area contributed by atoms with Gasteiger partial charge in [-0.05, 0) is 48.7 Å². The molecule has 30 heavy (non-hydrogen) atoms. The fourth-order valence-electron chi connectivity index (χ4n) is 3.47. The van der Waals surface area contributed by atoms with Crippen LogP contribution in [0.4, 0.5) is 5.69 Å². The van der Waals surface area contributed by atoms with Crippen molar-refractivity contribution in [3.8, 4) is 0 Å². The van der Waals surface area contributed by atoms with Crippen LogP contribution in [0.5, 0.6) is 0 Å². The highest BCUT2D eigenvalue weighted by Crippen LogP contribution is 2.19. The number of carbonyl (C=O) groups is 2. The van der Waals surface area contributed by atoms with Crippen LogP contribution in [0.2, 0.25) is 5.02 Å². The molecule has 2 aromatic carbocycles. The Hall–Kier alpha value is -2.79. The summed E-state index contributed by atoms with van der Waals surface area (Å²) in [5.41, 5.74) is 2.52. The fraction of sp³-hybridized carbons (Fsp3) is 0.333. The van der Waals surface area contributed by atoms with Crippen LogP contribution in [0.25, 0.3) is 6.08 Å². The van der Waals surface area contributed by atoms with Crippen molar-refractivity contribution in [1.82, 2.24) is 10.2 Å². The number of amides is 2. The number of carbonyl (C=O) groups excluding carboxylic acids is 2. The number of halogens is 1. The molecule has 2 aromatic rings. The molecule has 1 heterocycles. The van der Waals surface area contributed by atoms with E-state index in [1.165, 1.54) is 0 Å². The molecule has 1 aliphatic heterocycles. The molecular weight excluding hydrogens is 398 g/mol. The van der Waals surface area contributed by atoms with E-state index < -0.39 is 0 Å². The summed E-state index contributed by atoms with van der Waals surface area (Å²) < 4.78 is 0. The quantitative estimate of drug-likeness (QED) is 0.713. The third kappa shape index (κ3) is 5.63. The number of benzene rings is 2. The summed E-state index contributed by atoms with van der Waals surface area (Å²) in [6, 6.07) is 14.7. The van der Waals surface area contributed by atoms with Gasteiger partial charge in [0.1, 0.15) is 5.70 Å². The van der Waals surface area contributed by atoms with Crippen LogP contribution >= 0.6 is 11.6 Å². The normalized spacial score (nSPS) is 14.8. The smallest absolute Gasteiger partial charge is 0.270 e. The van der Waals surface area contributed by atoms with Crippen molar-refractivity contribution in [3.05, 3.63) is 70.4 Å². The van der Waals surface area contributed by atoms with Crippen LogP contribution in [-0.2, 0) is 4.79 Å². The average Bonchev–Trinajstić information content (AvgIpc) is 3.03. The summed E-state index contributed by atoms with van der Waals surface area (Å²) in [5, 5.41) is 3.17. The van der Waals surface area contributed by atoms with E-state index >= 15 is 0 Å². The zero-order valence-electron chi connectivity index (χ0n) is 17.5. The van der Waals surface area contributed by atoms with Gasteiger partial charge in [-0.15, -0.1) is 0 Å². The van der Waals surface area contributed by atoms with Gasteiger partial charge in [-0.1, -0.05) is 48.7 Å². The van der Waals surface area contributed by atoms with Crippen molar-refractivity contribution in [3.63, 3.8) is 0 Å². The lowest BCUT2D eigenvalue weighted by molar-refractivity contribution is -0.127. The SMILES string of the molecule is CN(C)c1ccc(/C=C(\NC(=O)c2ccccc2Cl)C(=O)N2CCCCCC2)cc1. The maximum absolute atomic E-state index is 13.3. The molecule has 2 amide bonds. The first-order chi connectivity index (χ1) is 14.5. The van der Waals surface area contributed by atoms with Crippen LogP contribution in [0, 0.1) is 0 Å². The lowest BCUT2D eigenvalue weighted by atomic mass is 10.1. The first-order valence-electron chi connectivity index (χ1n) is 10.3. The van der Waals surface area contributed by atoms with Gasteiger partial charge < -0.3 is 15.1 Å². The van der Waals surface area contributed by atoms with Crippen molar-refractivity contribution in [2.45, 2.75) is 25.7 Å². The lowest BCUT2D eigenvalue weighted by Crippen LogP contribution is -2.39. The molecule has 1 fully saturated rings. The summed E-state index contributed by atoms with van der Waals surface area (Å²) in [4.78, 5) is 30.0. The standard InChI is InChI=1S/C24H28ClN3O2/c1-27(2)19-13-11-18(12-14-19)17-22(24(30)28-15-7-3-4-8-16-28)26-23(29)20-9-5-6-10-21(20)25/h5-6,9-14,17H,3-4,7-8,15-16H2,1-2H3,(H,26,29)/b22-17-. The first kappa shape index (κ1) is 21.9. The molecule has 3 rings (SSSR count). The molecule has 1 N–H and O–H groups in total. The number of hydrogen-bond acceptors (Lipinski definition) is 3. The maximum atomic E-state index is 13.3. The third-order valence-corrected chi connectivity index (χ3v) is 5.54. The van der Waals surface area contributed by atoms with Gasteiger partial charge in [0.25, 0.3) is 11.8 Å². The first-order valence-corrected chi connectivity index (χ1v) is 10.7. The number of likely N-dealkylation sites (tertiary alicyclic amines) is 1. The Bertz CT molecular complexity index is 914. The summed E-state index contributed by atoms with van der Waals surface area (Å²) >= 11 is 6.18. The van der Waals surface area contributed by atoms with Gasteiger partial charge in [-0.25, -0.2) is 0 Å². The molecule has 1 aliphatic rings. The Morgan fingerprint density at radius 1 is 0.967 bits per heavy atom. The van der Waals surface area contributed by atoms with Gasteiger partial charge in [0.15, 0.2) is 0 Å². The average molecular weight is 426 g/mol. The zero-order valence-corrected chi connectivity index (χ0v) is 18.3. The Kier molecular flexibility index (Phi) is 7.52. The van der Waals surface area contributed by atoms with Crippen LogP contribution in [0.15, 0.2) is 54.2 Å². The molecule has 1 saturated heterocycles. The molecule has 0 aliphatic carbocycles. The highest BCUT2D eigenvalue weighted by atomic mass is 35.5. The summed E-state index contributed by atoms with van der Waals surface area (Å²) in [6.07, 6.45) is 5.95. The van der Waals surface area contributed by atoms with E-state index in [1.807, 2.05) is 48.2 Å². The molecule has 5 nitrogen and oxygen atoms in total. The molecule has 0 spiro atoms. The van der Waals surface area contributed by atoms with E-state index in [0.717, 1.165) is 36.9 Å². The van der Waals surface area contributed by atoms with Gasteiger partial charge in [0.05, 0.1) is 10.6 Å². The van der Waals surface area contributed by atoms with Gasteiger partial charge in [0.2, 0.25) is 0 Å². The lowest BCUT2D eigenvalue weighted by Gasteiger charge is -2.22. The van der Waals surface area contributed by atoms with E-state index in [0.29, 0.717) is 23.7 Å². The molecule has 0 aromatic heterocycles. The molecule has 6 heteroatoms. The highest BCUT2D eigenvalue weighted by Gasteiger charge is 2.22. The molecule has 0 atom stereocenters. The predicted molar refractivity (Wildman–Crippen MR) is 123 cm³/mol. The van der Waals surface area contributed by atoms with Gasteiger partial charge in [0, 0.05) is 32.9 Å². The Balaban J connectivity index is 1.90. The number of nitrogens with zero attached hydrogens (tertiary/aromatic N) is 2. The molecule has 0 bridgehead atoms. The van der Waals surface area contributed by atoms with Crippen LogP contribution in [0.1, 0.15) is 41.6 Å². The Morgan fingerprint density at radius 3 is 2.20 bits per heavy atom. The number of nitrogens with one attached hydrogen (secondary N) is 1. The van der Waals surface area contributed by atoms with Gasteiger partial charge in [-0.3, -0.25) is 9.59 Å². The van der Waals surface area contributed by atoms with Crippen LogP contribution < -0.4 is 10.2 Å². The number of hydrogen-bond donors (Lipinski definition) is 1. The predicted octanol–water partition coefficient (Wildman–Crippen LogP) is 4.58.